The minimum Gasteiger partial charge on any atom is -0.481 e. The molecular formula is C14H12FN3O2. The first-order valence-corrected chi connectivity index (χ1v) is 6.09. The molecule has 0 saturated carbocycles. The number of rotatable bonds is 3. The molecule has 2 aromatic heterocycles. The highest BCUT2D eigenvalue weighted by atomic mass is 19.1. The summed E-state index contributed by atoms with van der Waals surface area (Å²) in [7, 11) is 0. The molecule has 3 aromatic rings. The molecule has 3 rings (SSSR count). The Morgan fingerprint density at radius 2 is 2.10 bits per heavy atom. The number of nitrogens with zero attached hydrogens (tertiary/aromatic N) is 2. The number of H-pyrrole nitrogens is 1. The fourth-order valence-electron chi connectivity index (χ4n) is 2.23. The highest BCUT2D eigenvalue weighted by molar-refractivity contribution is 5.72. The maximum atomic E-state index is 12.9. The van der Waals surface area contributed by atoms with Gasteiger partial charge in [0.25, 0.3) is 0 Å². The molecule has 0 aliphatic carbocycles. The van der Waals surface area contributed by atoms with Crippen LogP contribution in [-0.4, -0.2) is 25.7 Å². The van der Waals surface area contributed by atoms with Gasteiger partial charge in [0, 0.05) is 11.1 Å². The number of carboxylic acids is 1. The van der Waals surface area contributed by atoms with Crippen molar-refractivity contribution in [2.75, 3.05) is 0 Å². The van der Waals surface area contributed by atoms with Crippen molar-refractivity contribution >= 4 is 11.6 Å². The predicted molar refractivity (Wildman–Crippen MR) is 71.0 cm³/mol. The number of nitrogens with one attached hydrogen (secondary N) is 1. The van der Waals surface area contributed by atoms with Crippen LogP contribution < -0.4 is 0 Å². The average molecular weight is 273 g/mol. The van der Waals surface area contributed by atoms with E-state index in [0.29, 0.717) is 11.3 Å². The highest BCUT2D eigenvalue weighted by Gasteiger charge is 2.14. The molecule has 0 aliphatic rings. The Kier molecular flexibility index (Phi) is 2.78. The quantitative estimate of drug-likeness (QED) is 0.769. The Balaban J connectivity index is 2.05. The number of aliphatic carboxylic acids is 1. The van der Waals surface area contributed by atoms with E-state index < -0.39 is 5.97 Å². The third-order valence-electron chi connectivity index (χ3n) is 3.16. The fourth-order valence-corrected chi connectivity index (χ4v) is 2.23. The largest absolute Gasteiger partial charge is 0.481 e. The van der Waals surface area contributed by atoms with Crippen molar-refractivity contribution in [2.24, 2.45) is 0 Å². The summed E-state index contributed by atoms with van der Waals surface area (Å²) in [6, 6.07) is 6.17. The molecule has 2 heterocycles. The number of benzene rings is 1. The zero-order chi connectivity index (χ0) is 14.3. The van der Waals surface area contributed by atoms with Gasteiger partial charge in [-0.25, -0.2) is 13.9 Å². The third-order valence-corrected chi connectivity index (χ3v) is 3.16. The van der Waals surface area contributed by atoms with E-state index in [-0.39, 0.29) is 12.2 Å². The minimum absolute atomic E-state index is 0.110. The molecule has 0 unspecified atom stereocenters. The maximum Gasteiger partial charge on any atom is 0.309 e. The van der Waals surface area contributed by atoms with Crippen LogP contribution in [0.2, 0.25) is 0 Å². The SMILES string of the molecule is Cc1c(-c2ccc(F)cc2)[nH]n2cc(CC(=O)O)nc12. The Morgan fingerprint density at radius 1 is 1.40 bits per heavy atom. The first-order valence-electron chi connectivity index (χ1n) is 6.09. The normalized spacial score (nSPS) is 11.1. The second-order valence-corrected chi connectivity index (χ2v) is 4.62. The number of aryl methyl sites for hydroxylation is 1. The molecule has 0 fully saturated rings. The van der Waals surface area contributed by atoms with E-state index in [4.69, 9.17) is 5.11 Å². The molecule has 20 heavy (non-hydrogen) atoms. The van der Waals surface area contributed by atoms with Crippen LogP contribution in [0.15, 0.2) is 30.5 Å². The van der Waals surface area contributed by atoms with Crippen molar-refractivity contribution in [3.63, 3.8) is 0 Å². The topological polar surface area (TPSA) is 70.4 Å². The number of imidazole rings is 1. The van der Waals surface area contributed by atoms with Gasteiger partial charge in [-0.3, -0.25) is 9.89 Å². The fraction of sp³-hybridized carbons (Fsp3) is 0.143. The highest BCUT2D eigenvalue weighted by Crippen LogP contribution is 2.25. The number of hydrogen-bond acceptors (Lipinski definition) is 2. The van der Waals surface area contributed by atoms with Gasteiger partial charge in [0.1, 0.15) is 5.82 Å². The second kappa shape index (κ2) is 4.48. The number of aromatic amines is 1. The molecule has 2 N–H and O–H groups in total. The molecular weight excluding hydrogens is 261 g/mol. The van der Waals surface area contributed by atoms with Crippen LogP contribution >= 0.6 is 0 Å². The van der Waals surface area contributed by atoms with Gasteiger partial charge in [-0.1, -0.05) is 0 Å². The van der Waals surface area contributed by atoms with Crippen LogP contribution in [0.4, 0.5) is 4.39 Å². The maximum absolute atomic E-state index is 12.9. The number of carboxylic acid groups (broad SMARTS) is 1. The molecule has 1 aromatic carbocycles. The molecule has 0 atom stereocenters. The summed E-state index contributed by atoms with van der Waals surface area (Å²) in [5.41, 5.74) is 3.77. The predicted octanol–water partition coefficient (Wildman–Crippen LogP) is 2.40. The van der Waals surface area contributed by atoms with Crippen molar-refractivity contribution < 1.29 is 14.3 Å². The lowest BCUT2D eigenvalue weighted by atomic mass is 10.1. The van der Waals surface area contributed by atoms with Gasteiger partial charge in [0.2, 0.25) is 0 Å². The molecule has 6 heteroatoms. The van der Waals surface area contributed by atoms with E-state index in [1.807, 2.05) is 6.92 Å². The van der Waals surface area contributed by atoms with Crippen molar-refractivity contribution in [1.82, 2.24) is 14.6 Å². The lowest BCUT2D eigenvalue weighted by molar-refractivity contribution is -0.136. The van der Waals surface area contributed by atoms with E-state index in [1.165, 1.54) is 12.1 Å². The van der Waals surface area contributed by atoms with E-state index in [2.05, 4.69) is 10.1 Å². The molecule has 0 spiro atoms. The third kappa shape index (κ3) is 2.05. The summed E-state index contributed by atoms with van der Waals surface area (Å²) in [4.78, 5) is 15.0. The summed E-state index contributed by atoms with van der Waals surface area (Å²) in [5, 5.41) is 11.9. The van der Waals surface area contributed by atoms with Crippen LogP contribution in [0, 0.1) is 12.7 Å². The van der Waals surface area contributed by atoms with Crippen LogP contribution in [0.5, 0.6) is 0 Å². The number of fused-ring (bicyclic) bond motifs is 1. The van der Waals surface area contributed by atoms with Crippen LogP contribution in [0.3, 0.4) is 0 Å². The van der Waals surface area contributed by atoms with Crippen LogP contribution in [-0.2, 0) is 11.2 Å². The Bertz CT molecular complexity index is 787. The minimum atomic E-state index is -0.915. The molecule has 0 bridgehead atoms. The van der Waals surface area contributed by atoms with Gasteiger partial charge in [0.15, 0.2) is 5.65 Å². The number of halogens is 1. The van der Waals surface area contributed by atoms with E-state index in [0.717, 1.165) is 16.8 Å². The molecule has 0 aliphatic heterocycles. The van der Waals surface area contributed by atoms with Gasteiger partial charge < -0.3 is 5.11 Å². The second-order valence-electron chi connectivity index (χ2n) is 4.62. The average Bonchev–Trinajstić information content (AvgIpc) is 2.90. The standard InChI is InChI=1S/C14H12FN3O2/c1-8-13(9-2-4-10(15)5-3-9)17-18-7-11(6-12(19)20)16-14(8)18/h2-5,7,17H,6H2,1H3,(H,19,20). The number of aromatic nitrogens is 3. The lowest BCUT2D eigenvalue weighted by Gasteiger charge is -1.99. The summed E-state index contributed by atoms with van der Waals surface area (Å²) < 4.78 is 14.6. The van der Waals surface area contributed by atoms with Gasteiger partial charge >= 0.3 is 5.97 Å². The zero-order valence-electron chi connectivity index (χ0n) is 10.7. The summed E-state index contributed by atoms with van der Waals surface area (Å²) in [6.07, 6.45) is 1.55. The first-order chi connectivity index (χ1) is 9.54. The summed E-state index contributed by atoms with van der Waals surface area (Å²) in [6.45, 7) is 1.89. The van der Waals surface area contributed by atoms with Crippen molar-refractivity contribution in [2.45, 2.75) is 13.3 Å². The van der Waals surface area contributed by atoms with E-state index in [1.54, 1.807) is 22.8 Å². The molecule has 5 nitrogen and oxygen atoms in total. The lowest BCUT2D eigenvalue weighted by Crippen LogP contribution is -2.00. The van der Waals surface area contributed by atoms with Crippen molar-refractivity contribution in [1.29, 1.82) is 0 Å². The summed E-state index contributed by atoms with van der Waals surface area (Å²) in [5.74, 6) is -1.20. The van der Waals surface area contributed by atoms with Gasteiger partial charge in [0.05, 0.1) is 24.0 Å². The van der Waals surface area contributed by atoms with Gasteiger partial charge in [-0.05, 0) is 31.2 Å². The van der Waals surface area contributed by atoms with Crippen molar-refractivity contribution in [3.05, 3.63) is 47.5 Å². The Labute approximate surface area is 113 Å². The molecule has 0 amide bonds. The molecule has 0 radical (unpaired) electrons. The van der Waals surface area contributed by atoms with Gasteiger partial charge in [-0.2, -0.15) is 0 Å². The smallest absolute Gasteiger partial charge is 0.309 e. The first kappa shape index (κ1) is 12.4. The zero-order valence-corrected chi connectivity index (χ0v) is 10.7. The Morgan fingerprint density at radius 3 is 2.70 bits per heavy atom. The molecule has 102 valence electrons. The van der Waals surface area contributed by atoms with E-state index in [9.17, 15) is 9.18 Å². The van der Waals surface area contributed by atoms with Crippen LogP contribution in [0.25, 0.3) is 16.9 Å². The number of carbonyl (C=O) groups is 1. The van der Waals surface area contributed by atoms with E-state index >= 15 is 0 Å². The number of hydrogen-bond donors (Lipinski definition) is 2. The van der Waals surface area contributed by atoms with Gasteiger partial charge in [-0.15, -0.1) is 0 Å². The summed E-state index contributed by atoms with van der Waals surface area (Å²) >= 11 is 0. The molecule has 0 saturated heterocycles. The Hall–Kier alpha value is -2.63. The van der Waals surface area contributed by atoms with Crippen molar-refractivity contribution in [3.8, 4) is 11.3 Å². The monoisotopic (exact) mass is 273 g/mol. The van der Waals surface area contributed by atoms with Crippen LogP contribution in [0.1, 0.15) is 11.3 Å².